The van der Waals surface area contributed by atoms with Crippen LogP contribution in [-0.4, -0.2) is 27.7 Å². The number of rotatable bonds is 4. The molecule has 1 aliphatic heterocycles. The quantitative estimate of drug-likeness (QED) is 0.841. The lowest BCUT2D eigenvalue weighted by molar-refractivity contribution is 0.171. The van der Waals surface area contributed by atoms with Crippen molar-refractivity contribution in [2.24, 2.45) is 0 Å². The Morgan fingerprint density at radius 3 is 2.68 bits per heavy atom. The zero-order chi connectivity index (χ0) is 13.9. The van der Waals surface area contributed by atoms with Crippen molar-refractivity contribution < 1.29 is 17.9 Å². The first-order valence-corrected chi connectivity index (χ1v) is 7.43. The van der Waals surface area contributed by atoms with E-state index in [4.69, 9.17) is 15.9 Å². The van der Waals surface area contributed by atoms with Gasteiger partial charge in [0.05, 0.1) is 10.9 Å². The van der Waals surface area contributed by atoms with E-state index in [1.807, 2.05) is 6.92 Å². The third-order valence-corrected chi connectivity index (χ3v) is 4.20. The minimum atomic E-state index is -3.65. The number of ether oxygens (including phenoxy) is 2. The van der Waals surface area contributed by atoms with Gasteiger partial charge in [-0.15, -0.1) is 6.42 Å². The molecule has 0 fully saturated rings. The molecule has 0 spiro atoms. The number of hydrogen-bond acceptors (Lipinski definition) is 4. The van der Waals surface area contributed by atoms with Gasteiger partial charge in [-0.25, -0.2) is 8.42 Å². The molecule has 0 amide bonds. The maximum atomic E-state index is 12.1. The number of sulfonamides is 1. The maximum absolute atomic E-state index is 12.1. The smallest absolute Gasteiger partial charge is 0.241 e. The van der Waals surface area contributed by atoms with Crippen LogP contribution in [0.25, 0.3) is 0 Å². The highest BCUT2D eigenvalue weighted by Gasteiger charge is 2.21. The van der Waals surface area contributed by atoms with E-state index in [2.05, 4.69) is 10.6 Å². The molecule has 1 aromatic carbocycles. The molecule has 6 heteroatoms. The second-order valence-corrected chi connectivity index (χ2v) is 5.77. The second-order valence-electron chi connectivity index (χ2n) is 4.05. The highest BCUT2D eigenvalue weighted by Crippen LogP contribution is 2.32. The van der Waals surface area contributed by atoms with Crippen LogP contribution in [0.3, 0.4) is 0 Å². The van der Waals surface area contributed by atoms with Crippen molar-refractivity contribution in [1.82, 2.24) is 4.72 Å². The van der Waals surface area contributed by atoms with Gasteiger partial charge in [0.25, 0.3) is 0 Å². The van der Waals surface area contributed by atoms with Gasteiger partial charge in [-0.1, -0.05) is 12.8 Å². The van der Waals surface area contributed by atoms with E-state index in [-0.39, 0.29) is 4.90 Å². The summed E-state index contributed by atoms with van der Waals surface area (Å²) in [6.45, 7) is 2.69. The first-order valence-electron chi connectivity index (χ1n) is 5.95. The summed E-state index contributed by atoms with van der Waals surface area (Å²) in [6.07, 6.45) is 5.79. The Hall–Kier alpha value is -1.71. The van der Waals surface area contributed by atoms with Gasteiger partial charge >= 0.3 is 0 Å². The fraction of sp³-hybridized carbons (Fsp3) is 0.385. The van der Waals surface area contributed by atoms with Gasteiger partial charge in [-0.3, -0.25) is 0 Å². The Labute approximate surface area is 113 Å². The lowest BCUT2D eigenvalue weighted by Gasteiger charge is -2.19. The topological polar surface area (TPSA) is 64.6 Å². The van der Waals surface area contributed by atoms with E-state index in [1.54, 1.807) is 6.07 Å². The summed E-state index contributed by atoms with van der Waals surface area (Å²) in [5, 5.41) is 0. The van der Waals surface area contributed by atoms with Crippen molar-refractivity contribution in [1.29, 1.82) is 0 Å². The van der Waals surface area contributed by atoms with E-state index in [0.717, 1.165) is 0 Å². The van der Waals surface area contributed by atoms with Crippen molar-refractivity contribution in [3.63, 3.8) is 0 Å². The molecule has 0 aliphatic carbocycles. The molecule has 2 rings (SSSR count). The standard InChI is InChI=1S/C13H15NO4S/c1-3-10(4-2)14-19(15,16)11-5-6-12-13(9-11)18-8-7-17-12/h1,5-6,9-10,14H,4,7-8H2,2H3. The van der Waals surface area contributed by atoms with Gasteiger partial charge in [-0.2, -0.15) is 4.72 Å². The van der Waals surface area contributed by atoms with E-state index in [9.17, 15) is 8.42 Å². The molecular formula is C13H15NO4S. The third-order valence-electron chi connectivity index (χ3n) is 2.73. The Kier molecular flexibility index (Phi) is 3.98. The molecule has 1 unspecified atom stereocenters. The van der Waals surface area contributed by atoms with Crippen LogP contribution >= 0.6 is 0 Å². The van der Waals surface area contributed by atoms with Crippen LogP contribution in [0.5, 0.6) is 11.5 Å². The summed E-state index contributed by atoms with van der Waals surface area (Å²) in [4.78, 5) is 0.116. The normalized spacial score (nSPS) is 15.6. The van der Waals surface area contributed by atoms with Crippen LogP contribution in [0.4, 0.5) is 0 Å². The molecule has 1 N–H and O–H groups in total. The molecule has 102 valence electrons. The van der Waals surface area contributed by atoms with Crippen molar-refractivity contribution >= 4 is 10.0 Å². The predicted molar refractivity (Wildman–Crippen MR) is 70.7 cm³/mol. The Morgan fingerprint density at radius 2 is 2.05 bits per heavy atom. The zero-order valence-electron chi connectivity index (χ0n) is 10.5. The molecule has 0 bridgehead atoms. The first kappa shape index (κ1) is 13.7. The van der Waals surface area contributed by atoms with Crippen LogP contribution in [0.1, 0.15) is 13.3 Å². The number of hydrogen-bond donors (Lipinski definition) is 1. The van der Waals surface area contributed by atoms with E-state index < -0.39 is 16.1 Å². The number of nitrogens with one attached hydrogen (secondary N) is 1. The van der Waals surface area contributed by atoms with Gasteiger partial charge in [-0.05, 0) is 18.6 Å². The first-order chi connectivity index (χ1) is 9.06. The highest BCUT2D eigenvalue weighted by molar-refractivity contribution is 7.89. The Bertz CT molecular complexity index is 604. The molecule has 1 aliphatic rings. The van der Waals surface area contributed by atoms with Gasteiger partial charge in [0, 0.05) is 6.07 Å². The monoisotopic (exact) mass is 281 g/mol. The minimum absolute atomic E-state index is 0.116. The van der Waals surface area contributed by atoms with Gasteiger partial charge < -0.3 is 9.47 Å². The molecule has 1 atom stereocenters. The summed E-state index contributed by atoms with van der Waals surface area (Å²) in [5.41, 5.74) is 0. The van der Waals surface area contributed by atoms with Gasteiger partial charge in [0.15, 0.2) is 11.5 Å². The largest absolute Gasteiger partial charge is 0.486 e. The fourth-order valence-corrected chi connectivity index (χ4v) is 2.94. The molecule has 1 aromatic rings. The molecule has 5 nitrogen and oxygen atoms in total. The van der Waals surface area contributed by atoms with Crippen LogP contribution in [0, 0.1) is 12.3 Å². The summed E-state index contributed by atoms with van der Waals surface area (Å²) in [7, 11) is -3.65. The van der Waals surface area contributed by atoms with E-state index in [0.29, 0.717) is 31.1 Å². The summed E-state index contributed by atoms with van der Waals surface area (Å²) in [6, 6.07) is 3.98. The molecule has 0 aromatic heterocycles. The van der Waals surface area contributed by atoms with E-state index >= 15 is 0 Å². The number of fused-ring (bicyclic) bond motifs is 1. The lowest BCUT2D eigenvalue weighted by atomic mass is 10.3. The van der Waals surface area contributed by atoms with Crippen LogP contribution in [0.15, 0.2) is 23.1 Å². The van der Waals surface area contributed by atoms with Crippen LogP contribution in [0.2, 0.25) is 0 Å². The van der Waals surface area contributed by atoms with Crippen molar-refractivity contribution in [3.8, 4) is 23.8 Å². The van der Waals surface area contributed by atoms with E-state index in [1.165, 1.54) is 12.1 Å². The van der Waals surface area contributed by atoms with Gasteiger partial charge in [0.2, 0.25) is 10.0 Å². The Morgan fingerprint density at radius 1 is 1.37 bits per heavy atom. The van der Waals surface area contributed by atoms with Crippen molar-refractivity contribution in [2.45, 2.75) is 24.3 Å². The molecule has 1 heterocycles. The zero-order valence-corrected chi connectivity index (χ0v) is 11.4. The summed E-state index contributed by atoms with van der Waals surface area (Å²) >= 11 is 0. The van der Waals surface area contributed by atoms with Crippen LogP contribution in [-0.2, 0) is 10.0 Å². The SMILES string of the molecule is C#CC(CC)NS(=O)(=O)c1ccc2c(c1)OCCO2. The molecule has 0 saturated carbocycles. The molecule has 0 saturated heterocycles. The van der Waals surface area contributed by atoms with Crippen molar-refractivity contribution in [3.05, 3.63) is 18.2 Å². The van der Waals surface area contributed by atoms with Gasteiger partial charge in [0.1, 0.15) is 13.2 Å². The molecule has 0 radical (unpaired) electrons. The number of terminal acetylenes is 1. The molecule has 19 heavy (non-hydrogen) atoms. The minimum Gasteiger partial charge on any atom is -0.486 e. The number of benzene rings is 1. The van der Waals surface area contributed by atoms with Crippen LogP contribution < -0.4 is 14.2 Å². The average Bonchev–Trinajstić information content (AvgIpc) is 2.44. The summed E-state index contributed by atoms with van der Waals surface area (Å²) in [5.74, 6) is 3.38. The predicted octanol–water partition coefficient (Wildman–Crippen LogP) is 1.15. The Balaban J connectivity index is 2.28. The second kappa shape index (κ2) is 5.51. The fourth-order valence-electron chi connectivity index (χ4n) is 1.68. The lowest BCUT2D eigenvalue weighted by Crippen LogP contribution is -2.33. The molecular weight excluding hydrogens is 266 g/mol. The van der Waals surface area contributed by atoms with Crippen molar-refractivity contribution in [2.75, 3.05) is 13.2 Å². The highest BCUT2D eigenvalue weighted by atomic mass is 32.2. The maximum Gasteiger partial charge on any atom is 0.241 e. The average molecular weight is 281 g/mol. The third kappa shape index (κ3) is 3.00. The summed E-state index contributed by atoms with van der Waals surface area (Å²) < 4.78 is 37.4.